The number of urea groups is 1. The number of fused-ring (bicyclic) bond motifs is 1. The number of anilines is 1. The number of benzene rings is 1. The van der Waals surface area contributed by atoms with Crippen molar-refractivity contribution in [2.45, 2.75) is 20.0 Å². The van der Waals surface area contributed by atoms with E-state index >= 15 is 0 Å². The molecule has 1 aromatic heterocycles. The molecule has 21 heavy (non-hydrogen) atoms. The number of carbonyl (C=O) groups excluding carboxylic acids is 1. The Balaban J connectivity index is 1.98. The predicted molar refractivity (Wildman–Crippen MR) is 81.3 cm³/mol. The molecule has 1 aliphatic rings. The maximum Gasteiger partial charge on any atom is 0.324 e. The van der Waals surface area contributed by atoms with E-state index in [1.165, 1.54) is 0 Å². The van der Waals surface area contributed by atoms with Crippen molar-refractivity contribution in [1.82, 2.24) is 14.9 Å². The summed E-state index contributed by atoms with van der Waals surface area (Å²) >= 11 is 5.97. The van der Waals surface area contributed by atoms with Crippen molar-refractivity contribution in [3.63, 3.8) is 0 Å². The minimum absolute atomic E-state index is 0.0603. The lowest BCUT2D eigenvalue weighted by molar-refractivity contribution is 0.210. The van der Waals surface area contributed by atoms with Gasteiger partial charge in [0.05, 0.1) is 12.2 Å². The molecule has 3 rings (SSSR count). The zero-order chi connectivity index (χ0) is 15.0. The topological polar surface area (TPSA) is 49.3 Å². The average Bonchev–Trinajstić information content (AvgIpc) is 2.43. The highest BCUT2D eigenvalue weighted by atomic mass is 35.5. The van der Waals surface area contributed by atoms with Gasteiger partial charge in [-0.2, -0.15) is 0 Å². The molecule has 5 nitrogen and oxygen atoms in total. The third kappa shape index (κ3) is 2.69. The highest BCUT2D eigenvalue weighted by Gasteiger charge is 2.28. The Morgan fingerprint density at radius 1 is 1.29 bits per heavy atom. The van der Waals surface area contributed by atoms with E-state index < -0.39 is 0 Å². The van der Waals surface area contributed by atoms with Crippen molar-refractivity contribution in [2.75, 3.05) is 11.9 Å². The van der Waals surface area contributed by atoms with Gasteiger partial charge in [-0.1, -0.05) is 29.8 Å². The summed E-state index contributed by atoms with van der Waals surface area (Å²) in [4.78, 5) is 24.3. The second-order valence-electron chi connectivity index (χ2n) is 5.10. The lowest BCUT2D eigenvalue weighted by Gasteiger charge is -2.34. The third-order valence-corrected chi connectivity index (χ3v) is 3.61. The molecule has 0 spiro atoms. The number of rotatable bonds is 2. The number of carbonyl (C=O) groups is 1. The largest absolute Gasteiger partial charge is 0.324 e. The van der Waals surface area contributed by atoms with Gasteiger partial charge in [0.1, 0.15) is 11.0 Å². The molecule has 2 aromatic rings. The predicted octanol–water partition coefficient (Wildman–Crippen LogP) is 3.01. The van der Waals surface area contributed by atoms with Crippen LogP contribution < -0.4 is 4.90 Å². The summed E-state index contributed by atoms with van der Waals surface area (Å²) < 4.78 is 0. The lowest BCUT2D eigenvalue weighted by atomic mass is 10.1. The van der Waals surface area contributed by atoms with Gasteiger partial charge in [0.25, 0.3) is 0 Å². The van der Waals surface area contributed by atoms with E-state index in [9.17, 15) is 4.79 Å². The molecule has 1 aromatic carbocycles. The van der Waals surface area contributed by atoms with E-state index in [-0.39, 0.29) is 6.03 Å². The second-order valence-corrected chi connectivity index (χ2v) is 5.49. The van der Waals surface area contributed by atoms with Gasteiger partial charge < -0.3 is 4.90 Å². The Bertz CT molecular complexity index is 684. The Morgan fingerprint density at radius 2 is 2.05 bits per heavy atom. The SMILES string of the molecule is Cc1cc(Cl)nc(CN2C(=O)N(C)Cc3ccccc32)n1. The van der Waals surface area contributed by atoms with E-state index in [2.05, 4.69) is 9.97 Å². The molecule has 108 valence electrons. The number of amides is 2. The third-order valence-electron chi connectivity index (χ3n) is 3.42. The zero-order valence-corrected chi connectivity index (χ0v) is 12.6. The van der Waals surface area contributed by atoms with Gasteiger partial charge in [-0.3, -0.25) is 4.90 Å². The van der Waals surface area contributed by atoms with Gasteiger partial charge in [0.2, 0.25) is 0 Å². The van der Waals surface area contributed by atoms with Gasteiger partial charge >= 0.3 is 6.03 Å². The molecule has 0 N–H and O–H groups in total. The number of nitrogens with zero attached hydrogens (tertiary/aromatic N) is 4. The Morgan fingerprint density at radius 3 is 2.81 bits per heavy atom. The molecule has 2 amide bonds. The van der Waals surface area contributed by atoms with Crippen LogP contribution in [0.3, 0.4) is 0 Å². The minimum Gasteiger partial charge on any atom is -0.323 e. The highest BCUT2D eigenvalue weighted by molar-refractivity contribution is 6.29. The Labute approximate surface area is 128 Å². The molecule has 0 radical (unpaired) electrons. The lowest BCUT2D eigenvalue weighted by Crippen LogP contribution is -2.45. The van der Waals surface area contributed by atoms with E-state index in [1.54, 1.807) is 22.9 Å². The fourth-order valence-corrected chi connectivity index (χ4v) is 2.75. The van der Waals surface area contributed by atoms with E-state index in [4.69, 9.17) is 11.6 Å². The Kier molecular flexibility index (Phi) is 3.51. The summed E-state index contributed by atoms with van der Waals surface area (Å²) in [5.74, 6) is 0.540. The molecule has 1 aliphatic heterocycles. The number of halogens is 1. The van der Waals surface area contributed by atoms with Crippen molar-refractivity contribution >= 4 is 23.3 Å². The number of aryl methyl sites for hydroxylation is 1. The monoisotopic (exact) mass is 302 g/mol. The summed E-state index contributed by atoms with van der Waals surface area (Å²) in [5, 5.41) is 0.392. The molecule has 0 saturated heterocycles. The van der Waals surface area contributed by atoms with E-state index in [0.29, 0.717) is 24.1 Å². The maximum atomic E-state index is 12.4. The fraction of sp³-hybridized carbons (Fsp3) is 0.267. The van der Waals surface area contributed by atoms with Gasteiger partial charge in [-0.15, -0.1) is 0 Å². The molecule has 0 bridgehead atoms. The van der Waals surface area contributed by atoms with Crippen molar-refractivity contribution in [2.24, 2.45) is 0 Å². The van der Waals surface area contributed by atoms with Crippen LogP contribution in [0.1, 0.15) is 17.1 Å². The van der Waals surface area contributed by atoms with Crippen LogP contribution in [0, 0.1) is 6.92 Å². The van der Waals surface area contributed by atoms with E-state index in [1.807, 2.05) is 31.2 Å². The van der Waals surface area contributed by atoms with Crippen molar-refractivity contribution in [3.05, 3.63) is 52.6 Å². The first kappa shape index (κ1) is 13.8. The first-order chi connectivity index (χ1) is 10.0. The molecule has 6 heteroatoms. The summed E-state index contributed by atoms with van der Waals surface area (Å²) in [6, 6.07) is 9.50. The van der Waals surface area contributed by atoms with Crippen LogP contribution in [-0.2, 0) is 13.1 Å². The van der Waals surface area contributed by atoms with Crippen LogP contribution in [0.15, 0.2) is 30.3 Å². The summed E-state index contributed by atoms with van der Waals surface area (Å²) in [7, 11) is 1.79. The normalized spacial score (nSPS) is 14.3. The molecule has 0 atom stereocenters. The van der Waals surface area contributed by atoms with Gasteiger partial charge in [0.15, 0.2) is 0 Å². The van der Waals surface area contributed by atoms with Crippen LogP contribution in [0.2, 0.25) is 5.15 Å². The average molecular weight is 303 g/mol. The second kappa shape index (κ2) is 5.33. The first-order valence-electron chi connectivity index (χ1n) is 6.65. The quantitative estimate of drug-likeness (QED) is 0.801. The summed E-state index contributed by atoms with van der Waals surface area (Å²) in [6.45, 7) is 2.78. The fourth-order valence-electron chi connectivity index (χ4n) is 2.49. The van der Waals surface area contributed by atoms with Crippen LogP contribution in [0.4, 0.5) is 10.5 Å². The first-order valence-corrected chi connectivity index (χ1v) is 7.03. The zero-order valence-electron chi connectivity index (χ0n) is 11.9. The molecule has 0 fully saturated rings. The van der Waals surface area contributed by atoms with Gasteiger partial charge in [-0.25, -0.2) is 14.8 Å². The molecule has 0 saturated carbocycles. The number of hydrogen-bond donors (Lipinski definition) is 0. The highest BCUT2D eigenvalue weighted by Crippen LogP contribution is 2.28. The number of aromatic nitrogens is 2. The Hall–Kier alpha value is -2.14. The number of para-hydroxylation sites is 1. The minimum atomic E-state index is -0.0603. The molecular formula is C15H15ClN4O. The van der Waals surface area contributed by atoms with Crippen LogP contribution in [-0.4, -0.2) is 27.9 Å². The molecular weight excluding hydrogens is 288 g/mol. The standard InChI is InChI=1S/C15H15ClN4O/c1-10-7-13(16)18-14(17-10)9-20-12-6-4-3-5-11(12)8-19(2)15(20)21/h3-7H,8-9H2,1-2H3. The smallest absolute Gasteiger partial charge is 0.323 e. The van der Waals surface area contributed by atoms with Crippen LogP contribution in [0.25, 0.3) is 0 Å². The molecule has 0 aliphatic carbocycles. The van der Waals surface area contributed by atoms with Crippen molar-refractivity contribution < 1.29 is 4.79 Å². The maximum absolute atomic E-state index is 12.4. The molecule has 2 heterocycles. The van der Waals surface area contributed by atoms with Gasteiger partial charge in [0, 0.05) is 19.3 Å². The van der Waals surface area contributed by atoms with Crippen molar-refractivity contribution in [1.29, 1.82) is 0 Å². The van der Waals surface area contributed by atoms with Gasteiger partial charge in [-0.05, 0) is 24.6 Å². The summed E-state index contributed by atoms with van der Waals surface area (Å²) in [5.41, 5.74) is 2.80. The van der Waals surface area contributed by atoms with Crippen LogP contribution >= 0.6 is 11.6 Å². The number of hydrogen-bond acceptors (Lipinski definition) is 3. The summed E-state index contributed by atoms with van der Waals surface area (Å²) in [6.07, 6.45) is 0. The van der Waals surface area contributed by atoms with Crippen LogP contribution in [0.5, 0.6) is 0 Å². The van der Waals surface area contributed by atoms with E-state index in [0.717, 1.165) is 16.9 Å². The van der Waals surface area contributed by atoms with Crippen molar-refractivity contribution in [3.8, 4) is 0 Å². The molecule has 0 unspecified atom stereocenters.